The number of nitro groups is 1. The molecule has 25 heavy (non-hydrogen) atoms. The van der Waals surface area contributed by atoms with Crippen LogP contribution in [0.2, 0.25) is 0 Å². The molecule has 0 saturated carbocycles. The topological polar surface area (TPSA) is 92.5 Å². The molecule has 0 bridgehead atoms. The van der Waals surface area contributed by atoms with Crippen LogP contribution in [-0.2, 0) is 0 Å². The molecule has 0 aromatic heterocycles. The lowest BCUT2D eigenvalue weighted by Crippen LogP contribution is -2.30. The Balaban J connectivity index is 1.83. The number of para-hydroxylation sites is 1. The molecular weight excluding hydrogens is 320 g/mol. The zero-order valence-corrected chi connectivity index (χ0v) is 13.3. The number of hydrogen-bond acceptors (Lipinski definition) is 4. The Labute approximate surface area is 144 Å². The first-order valence-corrected chi connectivity index (χ1v) is 8.10. The minimum atomic E-state index is -0.984. The summed E-state index contributed by atoms with van der Waals surface area (Å²) < 4.78 is 0. The third kappa shape index (κ3) is 2.46. The molecule has 4 rings (SSSR count). The van der Waals surface area contributed by atoms with Crippen LogP contribution in [0.1, 0.15) is 39.9 Å². The van der Waals surface area contributed by atoms with Gasteiger partial charge >= 0.3 is 5.97 Å². The molecule has 0 saturated heterocycles. The Bertz CT molecular complexity index is 906. The lowest BCUT2D eigenvalue weighted by molar-refractivity contribution is -0.384. The van der Waals surface area contributed by atoms with Crippen molar-refractivity contribution >= 4 is 17.3 Å². The lowest BCUT2D eigenvalue weighted by Gasteiger charge is -2.38. The average Bonchev–Trinajstić information content (AvgIpc) is 3.10. The van der Waals surface area contributed by atoms with Crippen LogP contribution in [0.5, 0.6) is 0 Å². The molecule has 0 unspecified atom stereocenters. The Morgan fingerprint density at radius 3 is 2.80 bits per heavy atom. The van der Waals surface area contributed by atoms with Crippen molar-refractivity contribution in [3.63, 3.8) is 0 Å². The summed E-state index contributed by atoms with van der Waals surface area (Å²) in [5.41, 5.74) is 2.66. The van der Waals surface area contributed by atoms with Crippen LogP contribution in [0, 0.1) is 16.0 Å². The molecule has 6 nitrogen and oxygen atoms in total. The van der Waals surface area contributed by atoms with Crippen molar-refractivity contribution in [2.75, 3.05) is 5.32 Å². The maximum absolute atomic E-state index is 11.6. The number of benzene rings is 2. The molecule has 1 aliphatic heterocycles. The zero-order valence-electron chi connectivity index (χ0n) is 13.3. The molecule has 0 radical (unpaired) electrons. The van der Waals surface area contributed by atoms with Crippen LogP contribution < -0.4 is 5.32 Å². The Kier molecular flexibility index (Phi) is 3.53. The van der Waals surface area contributed by atoms with E-state index in [-0.39, 0.29) is 29.1 Å². The minimum Gasteiger partial charge on any atom is -0.478 e. The van der Waals surface area contributed by atoms with Gasteiger partial charge in [0.15, 0.2) is 0 Å². The second-order valence-electron chi connectivity index (χ2n) is 6.40. The van der Waals surface area contributed by atoms with E-state index < -0.39 is 10.9 Å². The molecule has 126 valence electrons. The first-order chi connectivity index (χ1) is 12.1. The number of rotatable bonds is 3. The molecule has 1 heterocycles. The summed E-state index contributed by atoms with van der Waals surface area (Å²) in [5.74, 6) is -0.666. The van der Waals surface area contributed by atoms with E-state index in [1.165, 1.54) is 6.07 Å². The van der Waals surface area contributed by atoms with Gasteiger partial charge < -0.3 is 10.4 Å². The van der Waals surface area contributed by atoms with E-state index >= 15 is 0 Å². The normalized spacial score (nSPS) is 23.4. The smallest absolute Gasteiger partial charge is 0.337 e. The van der Waals surface area contributed by atoms with Crippen LogP contribution in [0.3, 0.4) is 0 Å². The van der Waals surface area contributed by atoms with Gasteiger partial charge in [-0.15, -0.1) is 0 Å². The highest BCUT2D eigenvalue weighted by Crippen LogP contribution is 2.50. The van der Waals surface area contributed by atoms with Crippen LogP contribution in [0.15, 0.2) is 54.6 Å². The molecule has 2 aromatic rings. The Hall–Kier alpha value is -3.15. The van der Waals surface area contributed by atoms with E-state index in [0.717, 1.165) is 17.5 Å². The Morgan fingerprint density at radius 2 is 2.04 bits per heavy atom. The number of nitro benzene ring substituents is 1. The molecule has 2 N–H and O–H groups in total. The maximum Gasteiger partial charge on any atom is 0.337 e. The number of aromatic carboxylic acids is 1. The van der Waals surface area contributed by atoms with E-state index in [0.29, 0.717) is 5.69 Å². The van der Waals surface area contributed by atoms with Gasteiger partial charge in [-0.3, -0.25) is 10.1 Å². The van der Waals surface area contributed by atoms with E-state index in [2.05, 4.69) is 17.5 Å². The number of carboxylic acids is 1. The highest BCUT2D eigenvalue weighted by molar-refractivity contribution is 5.95. The summed E-state index contributed by atoms with van der Waals surface area (Å²) in [5, 5.41) is 24.0. The van der Waals surface area contributed by atoms with Crippen molar-refractivity contribution in [3.8, 4) is 0 Å². The van der Waals surface area contributed by atoms with Crippen LogP contribution >= 0.6 is 0 Å². The van der Waals surface area contributed by atoms with Crippen LogP contribution in [0.4, 0.5) is 11.4 Å². The van der Waals surface area contributed by atoms with Crippen molar-refractivity contribution < 1.29 is 14.8 Å². The minimum absolute atomic E-state index is 0.0409. The van der Waals surface area contributed by atoms with Crippen LogP contribution in [-0.4, -0.2) is 16.0 Å². The predicted molar refractivity (Wildman–Crippen MR) is 92.8 cm³/mol. The highest BCUT2D eigenvalue weighted by atomic mass is 16.6. The number of carboxylic acid groups (broad SMARTS) is 1. The van der Waals surface area contributed by atoms with Crippen molar-refractivity contribution in [2.45, 2.75) is 18.4 Å². The highest BCUT2D eigenvalue weighted by Gasteiger charge is 2.39. The van der Waals surface area contributed by atoms with E-state index in [9.17, 15) is 20.0 Å². The third-order valence-corrected chi connectivity index (χ3v) is 5.07. The van der Waals surface area contributed by atoms with Crippen molar-refractivity contribution in [1.82, 2.24) is 0 Å². The predicted octanol–water partition coefficient (Wildman–Crippen LogP) is 4.12. The SMILES string of the molecule is O=C(O)c1cccc2c1N[C@H](c1cccc([N+](=O)[O-])c1)[C@@H]1CC=C[C@@H]21. The van der Waals surface area contributed by atoms with Gasteiger partial charge in [-0.25, -0.2) is 4.79 Å². The number of allylic oxidation sites excluding steroid dienone is 2. The number of non-ortho nitro benzene ring substituents is 1. The van der Waals surface area contributed by atoms with Gasteiger partial charge in [0.05, 0.1) is 22.2 Å². The van der Waals surface area contributed by atoms with Gasteiger partial charge in [0.1, 0.15) is 0 Å². The van der Waals surface area contributed by atoms with Gasteiger partial charge in [0.2, 0.25) is 0 Å². The summed E-state index contributed by atoms with van der Waals surface area (Å²) in [6.07, 6.45) is 5.06. The van der Waals surface area contributed by atoms with Gasteiger partial charge in [-0.1, -0.05) is 36.4 Å². The number of fused-ring (bicyclic) bond motifs is 3. The fourth-order valence-corrected chi connectivity index (χ4v) is 3.96. The second kappa shape index (κ2) is 5.73. The van der Waals surface area contributed by atoms with Gasteiger partial charge in [-0.2, -0.15) is 0 Å². The molecule has 3 atom stereocenters. The molecule has 2 aliphatic rings. The number of anilines is 1. The van der Waals surface area contributed by atoms with Crippen molar-refractivity contribution in [2.24, 2.45) is 5.92 Å². The first kappa shape index (κ1) is 15.4. The van der Waals surface area contributed by atoms with Gasteiger partial charge in [0, 0.05) is 18.1 Å². The monoisotopic (exact) mass is 336 g/mol. The van der Waals surface area contributed by atoms with E-state index in [1.807, 2.05) is 12.1 Å². The summed E-state index contributed by atoms with van der Waals surface area (Å²) >= 11 is 0. The number of nitrogens with one attached hydrogen (secondary N) is 1. The van der Waals surface area contributed by atoms with Crippen molar-refractivity contribution in [3.05, 3.63) is 81.4 Å². The molecule has 0 amide bonds. The Morgan fingerprint density at radius 1 is 1.24 bits per heavy atom. The molecule has 0 fully saturated rings. The molecular formula is C19H16N2O4. The quantitative estimate of drug-likeness (QED) is 0.500. The number of nitrogens with zero attached hydrogens (tertiary/aromatic N) is 1. The molecule has 2 aromatic carbocycles. The molecule has 0 spiro atoms. The van der Waals surface area contributed by atoms with E-state index in [1.54, 1.807) is 24.3 Å². The first-order valence-electron chi connectivity index (χ1n) is 8.10. The summed E-state index contributed by atoms with van der Waals surface area (Å²) in [6, 6.07) is 11.7. The fourth-order valence-electron chi connectivity index (χ4n) is 3.96. The summed E-state index contributed by atoms with van der Waals surface area (Å²) in [4.78, 5) is 22.3. The maximum atomic E-state index is 11.6. The van der Waals surface area contributed by atoms with Gasteiger partial charge in [0.25, 0.3) is 5.69 Å². The summed E-state index contributed by atoms with van der Waals surface area (Å²) in [7, 11) is 0. The molecule has 1 aliphatic carbocycles. The number of carbonyl (C=O) groups is 1. The van der Waals surface area contributed by atoms with E-state index in [4.69, 9.17) is 0 Å². The summed E-state index contributed by atoms with van der Waals surface area (Å²) in [6.45, 7) is 0. The molecule has 6 heteroatoms. The average molecular weight is 336 g/mol. The van der Waals surface area contributed by atoms with Crippen LogP contribution in [0.25, 0.3) is 0 Å². The lowest BCUT2D eigenvalue weighted by atomic mass is 9.76. The standard InChI is InChI=1S/C19H16N2O4/c22-19(23)16-9-3-8-15-13-6-2-7-14(13)17(20-18(15)16)11-4-1-5-12(10-11)21(24)25/h1-6,8-10,13-14,17,20H,7H2,(H,22,23)/t13-,14-,17-/m1/s1. The van der Waals surface area contributed by atoms with Gasteiger partial charge in [-0.05, 0) is 29.5 Å². The zero-order chi connectivity index (χ0) is 17.6. The van der Waals surface area contributed by atoms with Crippen molar-refractivity contribution in [1.29, 1.82) is 0 Å². The fraction of sp³-hybridized carbons (Fsp3) is 0.211. The number of hydrogen-bond donors (Lipinski definition) is 2. The largest absolute Gasteiger partial charge is 0.478 e. The second-order valence-corrected chi connectivity index (χ2v) is 6.40. The third-order valence-electron chi connectivity index (χ3n) is 5.07.